The van der Waals surface area contributed by atoms with Gasteiger partial charge in [0.15, 0.2) is 5.76 Å². The van der Waals surface area contributed by atoms with Gasteiger partial charge in [-0.05, 0) is 12.8 Å². The van der Waals surface area contributed by atoms with Crippen LogP contribution >= 0.6 is 0 Å². The first-order valence-electron chi connectivity index (χ1n) is 5.21. The van der Waals surface area contributed by atoms with Crippen molar-refractivity contribution in [1.29, 1.82) is 0 Å². The van der Waals surface area contributed by atoms with Crippen LogP contribution < -0.4 is 0 Å². The zero-order chi connectivity index (χ0) is 12.6. The van der Waals surface area contributed by atoms with E-state index in [4.69, 9.17) is 5.11 Å². The lowest BCUT2D eigenvalue weighted by molar-refractivity contribution is -0.143. The molecule has 94 valence electrons. The summed E-state index contributed by atoms with van der Waals surface area (Å²) < 4.78 is 42.2. The third-order valence-electron chi connectivity index (χ3n) is 2.93. The van der Waals surface area contributed by atoms with E-state index in [2.05, 4.69) is 9.68 Å². The van der Waals surface area contributed by atoms with E-state index in [1.54, 1.807) is 0 Å². The summed E-state index contributed by atoms with van der Waals surface area (Å²) >= 11 is 0. The summed E-state index contributed by atoms with van der Waals surface area (Å²) in [7, 11) is 0. The number of carboxylic acids is 1. The minimum atomic E-state index is -4.80. The third kappa shape index (κ3) is 2.13. The van der Waals surface area contributed by atoms with Gasteiger partial charge in [0.2, 0.25) is 5.69 Å². The summed E-state index contributed by atoms with van der Waals surface area (Å²) in [6.45, 7) is 0. The highest BCUT2D eigenvalue weighted by atomic mass is 19.4. The Balaban J connectivity index is 2.46. The van der Waals surface area contributed by atoms with Crippen LogP contribution in [0.4, 0.5) is 13.2 Å². The van der Waals surface area contributed by atoms with Crippen molar-refractivity contribution in [1.82, 2.24) is 5.16 Å². The number of aromatic carboxylic acids is 1. The lowest BCUT2D eigenvalue weighted by atomic mass is 10.00. The summed E-state index contributed by atoms with van der Waals surface area (Å²) in [5.41, 5.74) is -2.27. The Morgan fingerprint density at radius 1 is 1.35 bits per heavy atom. The van der Waals surface area contributed by atoms with Gasteiger partial charge in [-0.1, -0.05) is 18.0 Å². The standard InChI is InChI=1S/C10H10F3NO3/c11-10(12,13)8-6(9(15)16)7(17-14-8)5-3-1-2-4-5/h5H,1-4H2,(H,15,16). The largest absolute Gasteiger partial charge is 0.477 e. The minimum Gasteiger partial charge on any atom is -0.477 e. The van der Waals surface area contributed by atoms with Crippen molar-refractivity contribution in [3.05, 3.63) is 17.0 Å². The Bertz CT molecular complexity index is 432. The van der Waals surface area contributed by atoms with Gasteiger partial charge >= 0.3 is 12.1 Å². The fourth-order valence-electron chi connectivity index (χ4n) is 2.17. The molecule has 0 saturated heterocycles. The fourth-order valence-corrected chi connectivity index (χ4v) is 2.17. The van der Waals surface area contributed by atoms with E-state index >= 15 is 0 Å². The first kappa shape index (κ1) is 11.9. The maximum Gasteiger partial charge on any atom is 0.437 e. The molecule has 0 aromatic carbocycles. The molecule has 1 aromatic rings. The van der Waals surface area contributed by atoms with Gasteiger partial charge in [-0.2, -0.15) is 13.2 Å². The van der Waals surface area contributed by atoms with Crippen molar-refractivity contribution < 1.29 is 27.6 Å². The molecule has 1 heterocycles. The second-order valence-electron chi connectivity index (χ2n) is 4.05. The molecule has 0 bridgehead atoms. The molecule has 0 radical (unpaired) electrons. The Morgan fingerprint density at radius 2 is 1.94 bits per heavy atom. The molecule has 7 heteroatoms. The number of nitrogens with zero attached hydrogens (tertiary/aromatic N) is 1. The van der Waals surface area contributed by atoms with Crippen molar-refractivity contribution in [2.24, 2.45) is 0 Å². The van der Waals surface area contributed by atoms with E-state index in [1.807, 2.05) is 0 Å². The number of hydrogen-bond donors (Lipinski definition) is 1. The van der Waals surface area contributed by atoms with Crippen LogP contribution in [0.25, 0.3) is 0 Å². The molecule has 1 aromatic heterocycles. The number of aromatic nitrogens is 1. The zero-order valence-electron chi connectivity index (χ0n) is 8.75. The Morgan fingerprint density at radius 3 is 2.41 bits per heavy atom. The third-order valence-corrected chi connectivity index (χ3v) is 2.93. The highest BCUT2D eigenvalue weighted by Crippen LogP contribution is 2.40. The van der Waals surface area contributed by atoms with Crippen molar-refractivity contribution in [3.8, 4) is 0 Å². The average Bonchev–Trinajstić information content (AvgIpc) is 2.84. The maximum atomic E-state index is 12.5. The summed E-state index contributed by atoms with van der Waals surface area (Å²) in [5.74, 6) is -2.03. The molecule has 1 saturated carbocycles. The molecule has 0 atom stereocenters. The zero-order valence-corrected chi connectivity index (χ0v) is 8.75. The molecular formula is C10H10F3NO3. The second-order valence-corrected chi connectivity index (χ2v) is 4.05. The predicted molar refractivity (Wildman–Crippen MR) is 49.7 cm³/mol. The van der Waals surface area contributed by atoms with Crippen LogP contribution in [0.3, 0.4) is 0 Å². The molecular weight excluding hydrogens is 239 g/mol. The lowest BCUT2D eigenvalue weighted by Gasteiger charge is -2.06. The van der Waals surface area contributed by atoms with Crippen LogP contribution in [0.5, 0.6) is 0 Å². The summed E-state index contributed by atoms with van der Waals surface area (Å²) in [4.78, 5) is 10.9. The number of carbonyl (C=O) groups is 1. The van der Waals surface area contributed by atoms with Crippen molar-refractivity contribution in [2.45, 2.75) is 37.8 Å². The Labute approximate surface area is 94.4 Å². The quantitative estimate of drug-likeness (QED) is 0.874. The van der Waals surface area contributed by atoms with Gasteiger partial charge in [-0.25, -0.2) is 4.79 Å². The van der Waals surface area contributed by atoms with Crippen molar-refractivity contribution >= 4 is 5.97 Å². The Kier molecular flexibility index (Phi) is 2.84. The van der Waals surface area contributed by atoms with Crippen molar-refractivity contribution in [3.63, 3.8) is 0 Å². The van der Waals surface area contributed by atoms with Gasteiger partial charge in [-0.3, -0.25) is 0 Å². The van der Waals surface area contributed by atoms with Gasteiger partial charge in [0.1, 0.15) is 5.56 Å². The number of halogens is 3. The molecule has 1 fully saturated rings. The van der Waals surface area contributed by atoms with Gasteiger partial charge in [0.05, 0.1) is 0 Å². The summed E-state index contributed by atoms with van der Waals surface area (Å²) in [6.07, 6.45) is -1.77. The normalized spacial score (nSPS) is 17.6. The second kappa shape index (κ2) is 4.05. The van der Waals surface area contributed by atoms with Crippen LogP contribution in [0, 0.1) is 0 Å². The van der Waals surface area contributed by atoms with Crippen LogP contribution in [0.2, 0.25) is 0 Å². The highest BCUT2D eigenvalue weighted by Gasteiger charge is 2.43. The molecule has 0 unspecified atom stereocenters. The van der Waals surface area contributed by atoms with E-state index < -0.39 is 23.4 Å². The molecule has 0 amide bonds. The van der Waals surface area contributed by atoms with E-state index in [9.17, 15) is 18.0 Å². The predicted octanol–water partition coefficient (Wildman–Crippen LogP) is 3.05. The molecule has 1 aliphatic carbocycles. The van der Waals surface area contributed by atoms with Gasteiger partial charge < -0.3 is 9.63 Å². The SMILES string of the molecule is O=C(O)c1c(C(F)(F)F)noc1C1CCCC1. The lowest BCUT2D eigenvalue weighted by Crippen LogP contribution is -2.13. The van der Waals surface area contributed by atoms with Crippen LogP contribution in [0.15, 0.2) is 4.52 Å². The Hall–Kier alpha value is -1.53. The van der Waals surface area contributed by atoms with Gasteiger partial charge in [0, 0.05) is 5.92 Å². The number of carboxylic acid groups (broad SMARTS) is 1. The average molecular weight is 249 g/mol. The first-order valence-corrected chi connectivity index (χ1v) is 5.21. The van der Waals surface area contributed by atoms with Crippen LogP contribution in [-0.4, -0.2) is 16.2 Å². The van der Waals surface area contributed by atoms with E-state index in [1.165, 1.54) is 0 Å². The summed E-state index contributed by atoms with van der Waals surface area (Å²) in [5, 5.41) is 11.7. The molecule has 1 N–H and O–H groups in total. The molecule has 2 rings (SSSR count). The molecule has 0 spiro atoms. The van der Waals surface area contributed by atoms with E-state index in [-0.39, 0.29) is 11.7 Å². The van der Waals surface area contributed by atoms with Gasteiger partial charge in [-0.15, -0.1) is 0 Å². The van der Waals surface area contributed by atoms with E-state index in [0.717, 1.165) is 12.8 Å². The van der Waals surface area contributed by atoms with E-state index in [0.29, 0.717) is 12.8 Å². The first-order chi connectivity index (χ1) is 7.91. The fraction of sp³-hybridized carbons (Fsp3) is 0.600. The topological polar surface area (TPSA) is 63.3 Å². The molecule has 4 nitrogen and oxygen atoms in total. The molecule has 0 aliphatic heterocycles. The molecule has 17 heavy (non-hydrogen) atoms. The summed E-state index contributed by atoms with van der Waals surface area (Å²) in [6, 6.07) is 0. The minimum absolute atomic E-state index is 0.137. The smallest absolute Gasteiger partial charge is 0.437 e. The number of hydrogen-bond acceptors (Lipinski definition) is 3. The monoisotopic (exact) mass is 249 g/mol. The van der Waals surface area contributed by atoms with Crippen LogP contribution in [0.1, 0.15) is 53.4 Å². The maximum absolute atomic E-state index is 12.5. The molecule has 1 aliphatic rings. The number of alkyl halides is 3. The van der Waals surface area contributed by atoms with Crippen LogP contribution in [-0.2, 0) is 6.18 Å². The highest BCUT2D eigenvalue weighted by molar-refractivity contribution is 5.90. The van der Waals surface area contributed by atoms with Gasteiger partial charge in [0.25, 0.3) is 0 Å². The number of rotatable bonds is 2. The van der Waals surface area contributed by atoms with Crippen molar-refractivity contribution in [2.75, 3.05) is 0 Å².